The van der Waals surface area contributed by atoms with Crippen molar-refractivity contribution < 1.29 is 4.79 Å². The number of aromatic nitrogens is 3. The number of thiophene rings is 1. The van der Waals surface area contributed by atoms with Crippen molar-refractivity contribution in [2.75, 3.05) is 13.1 Å². The fraction of sp³-hybridized carbons (Fsp3) is 0.227. The lowest BCUT2D eigenvalue weighted by Crippen LogP contribution is -2.39. The summed E-state index contributed by atoms with van der Waals surface area (Å²) < 4.78 is 2.85. The van der Waals surface area contributed by atoms with Crippen LogP contribution in [-0.4, -0.2) is 38.4 Å². The van der Waals surface area contributed by atoms with Crippen molar-refractivity contribution in [2.24, 2.45) is 0 Å². The number of pyridine rings is 1. The van der Waals surface area contributed by atoms with Crippen LogP contribution in [0.2, 0.25) is 4.34 Å². The number of likely N-dealkylation sites (tertiary alicyclic amines) is 1. The average Bonchev–Trinajstić information content (AvgIpc) is 3.45. The van der Waals surface area contributed by atoms with Crippen molar-refractivity contribution in [3.05, 3.63) is 71.1 Å². The van der Waals surface area contributed by atoms with Gasteiger partial charge < -0.3 is 9.47 Å². The number of fused-ring (bicyclic) bond motifs is 1. The SMILES string of the molecule is O=C(c1cc(-c2ccc(Cl)s2)nc2ccccc12)N1CCC(n2ccnc2)CC1. The summed E-state index contributed by atoms with van der Waals surface area (Å²) in [5, 5.41) is 0.889. The fourth-order valence-electron chi connectivity index (χ4n) is 3.95. The largest absolute Gasteiger partial charge is 0.338 e. The first-order chi connectivity index (χ1) is 14.2. The summed E-state index contributed by atoms with van der Waals surface area (Å²) in [6, 6.07) is 14.0. The van der Waals surface area contributed by atoms with Crippen LogP contribution in [0.15, 0.2) is 61.2 Å². The van der Waals surface area contributed by atoms with Gasteiger partial charge in [-0.3, -0.25) is 4.79 Å². The first kappa shape index (κ1) is 18.3. The first-order valence-electron chi connectivity index (χ1n) is 9.61. The monoisotopic (exact) mass is 422 g/mol. The van der Waals surface area contributed by atoms with Crippen LogP contribution in [0.5, 0.6) is 0 Å². The number of halogens is 1. The van der Waals surface area contributed by atoms with Crippen molar-refractivity contribution in [3.8, 4) is 10.6 Å². The summed E-state index contributed by atoms with van der Waals surface area (Å²) in [6.07, 6.45) is 7.52. The lowest BCUT2D eigenvalue weighted by Gasteiger charge is -2.32. The molecular weight excluding hydrogens is 404 g/mol. The van der Waals surface area contributed by atoms with E-state index in [1.807, 2.05) is 59.9 Å². The molecule has 1 aliphatic rings. The predicted molar refractivity (Wildman–Crippen MR) is 116 cm³/mol. The van der Waals surface area contributed by atoms with Gasteiger partial charge in [-0.05, 0) is 37.1 Å². The Hall–Kier alpha value is -2.70. The van der Waals surface area contributed by atoms with Crippen molar-refractivity contribution in [1.29, 1.82) is 0 Å². The van der Waals surface area contributed by atoms with Gasteiger partial charge in [-0.2, -0.15) is 0 Å². The Morgan fingerprint density at radius 2 is 1.97 bits per heavy atom. The number of benzene rings is 1. The van der Waals surface area contributed by atoms with E-state index in [0.29, 0.717) is 15.9 Å². The standard InChI is InChI=1S/C22H19ClN4OS/c23-21-6-5-20(29-21)19-13-17(16-3-1-2-4-18(16)25-19)22(28)26-10-7-15(8-11-26)27-12-9-24-14-27/h1-6,9,12-15H,7-8,10-11H2. The highest BCUT2D eigenvalue weighted by Gasteiger charge is 2.26. The quantitative estimate of drug-likeness (QED) is 0.450. The van der Waals surface area contributed by atoms with Crippen LogP contribution in [0.3, 0.4) is 0 Å². The number of imidazole rings is 1. The van der Waals surface area contributed by atoms with Crippen LogP contribution in [0.1, 0.15) is 29.2 Å². The molecule has 4 aromatic rings. The third kappa shape index (κ3) is 3.54. The van der Waals surface area contributed by atoms with Gasteiger partial charge in [0.15, 0.2) is 0 Å². The van der Waals surface area contributed by atoms with Crippen LogP contribution < -0.4 is 0 Å². The number of amides is 1. The first-order valence-corrected chi connectivity index (χ1v) is 10.8. The molecule has 3 aromatic heterocycles. The Labute approximate surface area is 177 Å². The summed E-state index contributed by atoms with van der Waals surface area (Å²) in [5.41, 5.74) is 2.32. The van der Waals surface area contributed by atoms with Gasteiger partial charge in [0.2, 0.25) is 0 Å². The van der Waals surface area contributed by atoms with Crippen molar-refractivity contribution >= 4 is 39.7 Å². The molecule has 0 atom stereocenters. The minimum Gasteiger partial charge on any atom is -0.338 e. The molecule has 1 amide bonds. The molecule has 0 aliphatic carbocycles. The molecule has 0 saturated carbocycles. The second-order valence-electron chi connectivity index (χ2n) is 7.21. The zero-order valence-corrected chi connectivity index (χ0v) is 17.2. The highest BCUT2D eigenvalue weighted by Crippen LogP contribution is 2.33. The van der Waals surface area contributed by atoms with Gasteiger partial charge in [-0.15, -0.1) is 11.3 Å². The van der Waals surface area contributed by atoms with E-state index < -0.39 is 0 Å². The van der Waals surface area contributed by atoms with Gasteiger partial charge in [0.25, 0.3) is 5.91 Å². The molecule has 1 aliphatic heterocycles. The van der Waals surface area contributed by atoms with Crippen LogP contribution in [0.25, 0.3) is 21.5 Å². The maximum absolute atomic E-state index is 13.5. The summed E-state index contributed by atoms with van der Waals surface area (Å²) in [5.74, 6) is 0.0663. The molecule has 0 radical (unpaired) electrons. The normalized spacial score (nSPS) is 15.1. The smallest absolute Gasteiger partial charge is 0.254 e. The highest BCUT2D eigenvalue weighted by molar-refractivity contribution is 7.19. The van der Waals surface area contributed by atoms with Gasteiger partial charge >= 0.3 is 0 Å². The molecule has 4 heterocycles. The van der Waals surface area contributed by atoms with Gasteiger partial charge in [-0.25, -0.2) is 9.97 Å². The number of carbonyl (C=O) groups is 1. The second kappa shape index (κ2) is 7.61. The molecule has 146 valence electrons. The molecular formula is C22H19ClN4OS. The minimum atomic E-state index is 0.0663. The van der Waals surface area contributed by atoms with Gasteiger partial charge in [-0.1, -0.05) is 29.8 Å². The number of nitrogens with zero attached hydrogens (tertiary/aromatic N) is 4. The molecule has 0 unspecified atom stereocenters. The molecule has 1 saturated heterocycles. The van der Waals surface area contributed by atoms with E-state index >= 15 is 0 Å². The van der Waals surface area contributed by atoms with E-state index in [4.69, 9.17) is 16.6 Å². The third-order valence-electron chi connectivity index (χ3n) is 5.47. The number of piperidine rings is 1. The summed E-state index contributed by atoms with van der Waals surface area (Å²) in [4.78, 5) is 25.3. The number of carbonyl (C=O) groups excluding carboxylic acids is 1. The van der Waals surface area contributed by atoms with Crippen molar-refractivity contribution in [3.63, 3.8) is 0 Å². The molecule has 1 aromatic carbocycles. The topological polar surface area (TPSA) is 51.0 Å². The maximum Gasteiger partial charge on any atom is 0.254 e. The zero-order valence-electron chi connectivity index (χ0n) is 15.7. The summed E-state index contributed by atoms with van der Waals surface area (Å²) in [7, 11) is 0. The van der Waals surface area contributed by atoms with Gasteiger partial charge in [0.05, 0.1) is 32.3 Å². The van der Waals surface area contributed by atoms with E-state index in [1.54, 1.807) is 6.20 Å². The number of hydrogen-bond acceptors (Lipinski definition) is 4. The Morgan fingerprint density at radius 3 is 2.69 bits per heavy atom. The highest BCUT2D eigenvalue weighted by atomic mass is 35.5. The molecule has 7 heteroatoms. The van der Waals surface area contributed by atoms with Crippen LogP contribution in [-0.2, 0) is 0 Å². The predicted octanol–water partition coefficient (Wildman–Crippen LogP) is 5.29. The van der Waals surface area contributed by atoms with Crippen LogP contribution in [0, 0.1) is 0 Å². The Kier molecular flexibility index (Phi) is 4.81. The fourth-order valence-corrected chi connectivity index (χ4v) is 4.96. The van der Waals surface area contributed by atoms with E-state index in [1.165, 1.54) is 11.3 Å². The molecule has 0 bridgehead atoms. The zero-order chi connectivity index (χ0) is 19.8. The third-order valence-corrected chi connectivity index (χ3v) is 6.72. The molecule has 0 spiro atoms. The van der Waals surface area contributed by atoms with Crippen LogP contribution >= 0.6 is 22.9 Å². The lowest BCUT2D eigenvalue weighted by atomic mass is 10.0. The molecule has 0 N–H and O–H groups in total. The van der Waals surface area contributed by atoms with Gasteiger partial charge in [0, 0.05) is 36.9 Å². The van der Waals surface area contributed by atoms with Gasteiger partial charge in [0.1, 0.15) is 0 Å². The maximum atomic E-state index is 13.5. The Balaban J connectivity index is 1.46. The van der Waals surface area contributed by atoms with E-state index in [0.717, 1.165) is 47.4 Å². The number of para-hydroxylation sites is 1. The number of rotatable bonds is 3. The average molecular weight is 423 g/mol. The van der Waals surface area contributed by atoms with Crippen molar-refractivity contribution in [1.82, 2.24) is 19.4 Å². The van der Waals surface area contributed by atoms with E-state index in [2.05, 4.69) is 9.55 Å². The van der Waals surface area contributed by atoms with Crippen LogP contribution in [0.4, 0.5) is 0 Å². The second-order valence-corrected chi connectivity index (χ2v) is 8.92. The van der Waals surface area contributed by atoms with E-state index in [9.17, 15) is 4.79 Å². The van der Waals surface area contributed by atoms with E-state index in [-0.39, 0.29) is 5.91 Å². The summed E-state index contributed by atoms with van der Waals surface area (Å²) >= 11 is 7.59. The summed E-state index contributed by atoms with van der Waals surface area (Å²) in [6.45, 7) is 1.47. The molecule has 29 heavy (non-hydrogen) atoms. The Bertz CT molecular complexity index is 1160. The lowest BCUT2D eigenvalue weighted by molar-refractivity contribution is 0.0696. The minimum absolute atomic E-state index is 0.0663. The van der Waals surface area contributed by atoms with Crippen molar-refractivity contribution in [2.45, 2.75) is 18.9 Å². The molecule has 5 rings (SSSR count). The molecule has 5 nitrogen and oxygen atoms in total. The molecule has 1 fully saturated rings. The number of hydrogen-bond donors (Lipinski definition) is 0. The Morgan fingerprint density at radius 1 is 1.14 bits per heavy atom.